The van der Waals surface area contributed by atoms with Crippen LogP contribution in [0.4, 0.5) is 0 Å². The van der Waals surface area contributed by atoms with Crippen LogP contribution < -0.4 is 10.1 Å². The largest absolute Gasteiger partial charge is 0.481 e. The van der Waals surface area contributed by atoms with Crippen molar-refractivity contribution in [3.05, 3.63) is 23.9 Å². The molecule has 1 aromatic heterocycles. The fraction of sp³-hybridized carbons (Fsp3) is 0.714. The Bertz CT molecular complexity index is 705. The maximum absolute atomic E-state index is 12.3. The van der Waals surface area contributed by atoms with Gasteiger partial charge in [-0.05, 0) is 49.0 Å². The fourth-order valence-electron chi connectivity index (χ4n) is 5.89. The first-order valence-corrected chi connectivity index (χ1v) is 9.96. The van der Waals surface area contributed by atoms with E-state index in [4.69, 9.17) is 9.47 Å². The second-order valence-electron chi connectivity index (χ2n) is 8.99. The van der Waals surface area contributed by atoms with Crippen molar-refractivity contribution in [3.63, 3.8) is 0 Å². The Morgan fingerprint density at radius 1 is 1.44 bits per heavy atom. The first-order valence-electron chi connectivity index (χ1n) is 9.96. The molecule has 6 nitrogen and oxygen atoms in total. The average Bonchev–Trinajstić information content (AvgIpc) is 3.16. The lowest BCUT2D eigenvalue weighted by Crippen LogP contribution is -2.54. The van der Waals surface area contributed by atoms with Crippen molar-refractivity contribution in [3.8, 4) is 5.88 Å². The summed E-state index contributed by atoms with van der Waals surface area (Å²) in [6.07, 6.45) is 5.37. The molecule has 0 radical (unpaired) electrons. The summed E-state index contributed by atoms with van der Waals surface area (Å²) in [6, 6.07) is 3.39. The van der Waals surface area contributed by atoms with Gasteiger partial charge in [0.05, 0.1) is 24.9 Å². The van der Waals surface area contributed by atoms with E-state index in [1.165, 1.54) is 6.20 Å². The molecule has 1 amide bonds. The lowest BCUT2D eigenvalue weighted by Gasteiger charge is -2.51. The van der Waals surface area contributed by atoms with E-state index >= 15 is 0 Å². The number of nitrogens with zero attached hydrogens (tertiary/aromatic N) is 1. The highest BCUT2D eigenvalue weighted by Crippen LogP contribution is 2.68. The Balaban J connectivity index is 1.35. The predicted molar refractivity (Wildman–Crippen MR) is 101 cm³/mol. The number of aromatic nitrogens is 1. The van der Waals surface area contributed by atoms with E-state index in [2.05, 4.69) is 24.1 Å². The summed E-state index contributed by atoms with van der Waals surface area (Å²) < 4.78 is 11.1. The lowest BCUT2D eigenvalue weighted by molar-refractivity contribution is -0.163. The predicted octanol–water partition coefficient (Wildman–Crippen LogP) is 2.41. The van der Waals surface area contributed by atoms with Crippen molar-refractivity contribution in [2.75, 3.05) is 20.3 Å². The maximum atomic E-state index is 12.3. The molecular weight excluding hydrogens is 344 g/mol. The van der Waals surface area contributed by atoms with Gasteiger partial charge in [0.15, 0.2) is 0 Å². The van der Waals surface area contributed by atoms with E-state index in [1.54, 1.807) is 19.2 Å². The first kappa shape index (κ1) is 18.7. The number of nitrogens with one attached hydrogen (secondary N) is 1. The Morgan fingerprint density at radius 2 is 2.26 bits per heavy atom. The molecule has 5 atom stereocenters. The summed E-state index contributed by atoms with van der Waals surface area (Å²) in [5, 5.41) is 14.0. The number of amides is 1. The number of carbonyl (C=O) groups is 1. The molecule has 2 heterocycles. The van der Waals surface area contributed by atoms with Crippen LogP contribution in [0.1, 0.15) is 49.9 Å². The summed E-state index contributed by atoms with van der Waals surface area (Å²) >= 11 is 0. The molecular formula is C21H30N2O4. The second-order valence-corrected chi connectivity index (χ2v) is 8.99. The quantitative estimate of drug-likeness (QED) is 0.827. The molecule has 1 aliphatic heterocycles. The Kier molecular flexibility index (Phi) is 4.67. The summed E-state index contributed by atoms with van der Waals surface area (Å²) in [5.74, 6) is 1.33. The molecule has 1 spiro atoms. The zero-order chi connectivity index (χ0) is 19.2. The van der Waals surface area contributed by atoms with E-state index in [-0.39, 0.29) is 28.9 Å². The van der Waals surface area contributed by atoms with Crippen LogP contribution >= 0.6 is 0 Å². The number of aliphatic hydroxyl groups is 1. The molecule has 0 aromatic carbocycles. The van der Waals surface area contributed by atoms with E-state index in [0.717, 1.165) is 25.7 Å². The molecule has 2 saturated carbocycles. The van der Waals surface area contributed by atoms with Crippen LogP contribution in [0, 0.1) is 22.7 Å². The van der Waals surface area contributed by atoms with Gasteiger partial charge in [-0.1, -0.05) is 13.8 Å². The van der Waals surface area contributed by atoms with Gasteiger partial charge in [0.2, 0.25) is 5.88 Å². The summed E-state index contributed by atoms with van der Waals surface area (Å²) in [5.41, 5.74) is 0.545. The monoisotopic (exact) mass is 374 g/mol. The topological polar surface area (TPSA) is 80.7 Å². The van der Waals surface area contributed by atoms with Crippen molar-refractivity contribution in [1.29, 1.82) is 0 Å². The Morgan fingerprint density at radius 3 is 2.93 bits per heavy atom. The fourth-order valence-corrected chi connectivity index (χ4v) is 5.89. The van der Waals surface area contributed by atoms with E-state index in [9.17, 15) is 9.90 Å². The van der Waals surface area contributed by atoms with Gasteiger partial charge in [-0.3, -0.25) is 4.79 Å². The van der Waals surface area contributed by atoms with Crippen LogP contribution in [0.15, 0.2) is 18.3 Å². The van der Waals surface area contributed by atoms with Crippen molar-refractivity contribution in [1.82, 2.24) is 10.3 Å². The van der Waals surface area contributed by atoms with E-state index in [1.807, 2.05) is 0 Å². The summed E-state index contributed by atoms with van der Waals surface area (Å²) in [4.78, 5) is 16.4. The number of carbonyl (C=O) groups excluding carboxylic acids is 1. The van der Waals surface area contributed by atoms with Crippen LogP contribution in [0.25, 0.3) is 0 Å². The zero-order valence-electron chi connectivity index (χ0n) is 16.4. The molecule has 2 aliphatic carbocycles. The molecule has 4 rings (SSSR count). The number of fused-ring (bicyclic) bond motifs is 1. The third-order valence-electron chi connectivity index (χ3n) is 7.48. The molecule has 3 fully saturated rings. The van der Waals surface area contributed by atoms with Crippen LogP contribution in [0.2, 0.25) is 0 Å². The van der Waals surface area contributed by atoms with Gasteiger partial charge in [-0.15, -0.1) is 0 Å². The number of rotatable bonds is 5. The van der Waals surface area contributed by atoms with Crippen molar-refractivity contribution >= 4 is 5.91 Å². The minimum absolute atomic E-state index is 0.00791. The SMILES string of the molecule is COc1ccc(C(=O)NCC[C@H]2OCC[C@@]34C[C@@H](C[C@H]23)C(C)(C)[C@H]4O)cn1. The van der Waals surface area contributed by atoms with Crippen molar-refractivity contribution in [2.24, 2.45) is 22.7 Å². The van der Waals surface area contributed by atoms with Gasteiger partial charge in [0.25, 0.3) is 5.91 Å². The van der Waals surface area contributed by atoms with Gasteiger partial charge < -0.3 is 19.9 Å². The van der Waals surface area contributed by atoms with Gasteiger partial charge in [0.1, 0.15) is 0 Å². The number of methoxy groups -OCH3 is 1. The Labute approximate surface area is 160 Å². The summed E-state index contributed by atoms with van der Waals surface area (Å²) in [7, 11) is 1.55. The number of ether oxygens (including phenoxy) is 2. The third kappa shape index (κ3) is 2.93. The minimum atomic E-state index is -0.250. The van der Waals surface area contributed by atoms with Crippen LogP contribution in [-0.4, -0.2) is 48.5 Å². The number of hydrogen-bond donors (Lipinski definition) is 2. The first-order chi connectivity index (χ1) is 12.9. The molecule has 27 heavy (non-hydrogen) atoms. The van der Waals surface area contributed by atoms with E-state index < -0.39 is 0 Å². The van der Waals surface area contributed by atoms with Gasteiger partial charge in [-0.25, -0.2) is 4.98 Å². The number of aliphatic hydroxyl groups excluding tert-OH is 1. The standard InChI is InChI=1S/C21H30N2O4/c1-20(2)14-10-15-16(27-9-7-21(15,11-14)19(20)25)6-8-22-18(24)13-4-5-17(26-3)23-12-13/h4-5,12,14-16,19,25H,6-11H2,1-3H3,(H,22,24)/t14-,15-,16-,19-,21-/m1/s1. The highest BCUT2D eigenvalue weighted by atomic mass is 16.5. The molecule has 2 N–H and O–H groups in total. The van der Waals surface area contributed by atoms with Gasteiger partial charge in [0, 0.05) is 30.8 Å². The van der Waals surface area contributed by atoms with Crippen LogP contribution in [-0.2, 0) is 4.74 Å². The van der Waals surface area contributed by atoms with E-state index in [0.29, 0.717) is 36.4 Å². The van der Waals surface area contributed by atoms with Crippen LogP contribution in [0.3, 0.4) is 0 Å². The molecule has 6 heteroatoms. The second kappa shape index (κ2) is 6.74. The minimum Gasteiger partial charge on any atom is -0.481 e. The van der Waals surface area contributed by atoms with Crippen molar-refractivity contribution < 1.29 is 19.4 Å². The molecule has 1 saturated heterocycles. The number of pyridine rings is 1. The molecule has 2 bridgehead atoms. The lowest BCUT2D eigenvalue weighted by atomic mass is 9.60. The Hall–Kier alpha value is -1.66. The molecule has 1 aromatic rings. The smallest absolute Gasteiger partial charge is 0.252 e. The maximum Gasteiger partial charge on any atom is 0.252 e. The van der Waals surface area contributed by atoms with Crippen LogP contribution in [0.5, 0.6) is 5.88 Å². The van der Waals surface area contributed by atoms with Crippen molar-refractivity contribution in [2.45, 2.75) is 51.7 Å². The average molecular weight is 374 g/mol. The zero-order valence-corrected chi connectivity index (χ0v) is 16.4. The van der Waals surface area contributed by atoms with Gasteiger partial charge in [-0.2, -0.15) is 0 Å². The highest BCUT2D eigenvalue weighted by Gasteiger charge is 2.67. The molecule has 3 aliphatic rings. The molecule has 148 valence electrons. The van der Waals surface area contributed by atoms with Gasteiger partial charge >= 0.3 is 0 Å². The third-order valence-corrected chi connectivity index (χ3v) is 7.48. The number of hydrogen-bond acceptors (Lipinski definition) is 5. The highest BCUT2D eigenvalue weighted by molar-refractivity contribution is 5.93. The normalized spacial score (nSPS) is 36.3. The summed E-state index contributed by atoms with van der Waals surface area (Å²) in [6.45, 7) is 5.69. The molecule has 0 unspecified atom stereocenters.